The Morgan fingerprint density at radius 2 is 2.07 bits per heavy atom. The Labute approximate surface area is 84.5 Å². The molecule has 1 unspecified atom stereocenters. The average molecular weight is 190 g/mol. The third kappa shape index (κ3) is 1.43. The van der Waals surface area contributed by atoms with Gasteiger partial charge in [0.15, 0.2) is 0 Å². The van der Waals surface area contributed by atoms with Crippen molar-refractivity contribution in [1.82, 2.24) is 0 Å². The van der Waals surface area contributed by atoms with Crippen molar-refractivity contribution in [2.75, 3.05) is 0 Å². The molecule has 3 nitrogen and oxygen atoms in total. The van der Waals surface area contributed by atoms with Gasteiger partial charge in [0.2, 0.25) is 11.8 Å². The van der Waals surface area contributed by atoms with Crippen LogP contribution < -0.4 is 0 Å². The van der Waals surface area contributed by atoms with Crippen LogP contribution in [0.1, 0.15) is 27.7 Å². The summed E-state index contributed by atoms with van der Waals surface area (Å²) in [4.78, 5) is 0. The van der Waals surface area contributed by atoms with Crippen molar-refractivity contribution in [2.24, 2.45) is 15.7 Å². The van der Waals surface area contributed by atoms with E-state index in [1.165, 1.54) is 5.57 Å². The average Bonchev–Trinajstić information content (AvgIpc) is 2.45. The molecule has 2 aliphatic heterocycles. The van der Waals surface area contributed by atoms with Crippen LogP contribution in [0.4, 0.5) is 0 Å². The van der Waals surface area contributed by atoms with Gasteiger partial charge in [-0.25, -0.2) is 0 Å². The summed E-state index contributed by atoms with van der Waals surface area (Å²) in [5, 5.41) is 8.39. The maximum absolute atomic E-state index is 4.26. The van der Waals surface area contributed by atoms with Gasteiger partial charge < -0.3 is 0 Å². The fourth-order valence-electron chi connectivity index (χ4n) is 1.71. The summed E-state index contributed by atoms with van der Waals surface area (Å²) < 4.78 is 1.91. The van der Waals surface area contributed by atoms with Crippen LogP contribution in [0.25, 0.3) is 0 Å². The molecule has 0 aliphatic carbocycles. The maximum Gasteiger partial charge on any atom is 0.213 e. The Balaban J connectivity index is 2.34. The van der Waals surface area contributed by atoms with E-state index in [-0.39, 0.29) is 11.5 Å². The topological polar surface area (TPSA) is 27.7 Å². The highest BCUT2D eigenvalue weighted by Gasteiger charge is 2.40. The van der Waals surface area contributed by atoms with Crippen molar-refractivity contribution in [3.8, 4) is 0 Å². The first-order valence-electron chi connectivity index (χ1n) is 4.92. The second-order valence-electron chi connectivity index (χ2n) is 4.88. The zero-order valence-corrected chi connectivity index (χ0v) is 9.15. The summed E-state index contributed by atoms with van der Waals surface area (Å²) in [5.41, 5.74) is 2.51. The molecule has 0 N–H and O–H groups in total. The maximum atomic E-state index is 4.26. The van der Waals surface area contributed by atoms with Crippen LogP contribution in [0, 0.1) is 5.41 Å². The van der Waals surface area contributed by atoms with Crippen molar-refractivity contribution in [3.05, 3.63) is 23.9 Å². The number of nitrogens with zero attached hydrogens (tertiary/aromatic N) is 3. The first-order chi connectivity index (χ1) is 6.48. The molecule has 0 aromatic rings. The van der Waals surface area contributed by atoms with E-state index in [1.807, 2.05) is 10.9 Å². The summed E-state index contributed by atoms with van der Waals surface area (Å²) in [7, 11) is 0. The van der Waals surface area contributed by atoms with E-state index < -0.39 is 0 Å². The predicted octanol–water partition coefficient (Wildman–Crippen LogP) is 2.71. The summed E-state index contributed by atoms with van der Waals surface area (Å²) in [6.45, 7) is 8.62. The van der Waals surface area contributed by atoms with Gasteiger partial charge in [-0.1, -0.05) is 20.8 Å². The molecule has 0 radical (unpaired) electrons. The smallest absolute Gasteiger partial charge is 0.122 e. The standard InChI is InChI=1S/C11H16N3/c1-8-5-6-14-9(7-8)10(12-13-14)11(2,3)4/h5-7,9H,1-4H3/q+1. The summed E-state index contributed by atoms with van der Waals surface area (Å²) in [5.74, 6) is 0. The van der Waals surface area contributed by atoms with Gasteiger partial charge >= 0.3 is 0 Å². The lowest BCUT2D eigenvalue weighted by Gasteiger charge is -2.18. The van der Waals surface area contributed by atoms with E-state index in [4.69, 9.17) is 0 Å². The van der Waals surface area contributed by atoms with E-state index in [0.717, 1.165) is 5.71 Å². The molecular weight excluding hydrogens is 174 g/mol. The van der Waals surface area contributed by atoms with Gasteiger partial charge in [-0.2, -0.15) is 0 Å². The molecule has 74 valence electrons. The molecule has 0 spiro atoms. The fraction of sp³-hybridized carbons (Fsp3) is 0.545. The molecule has 0 amide bonds. The van der Waals surface area contributed by atoms with Crippen LogP contribution in [-0.2, 0) is 0 Å². The second-order valence-corrected chi connectivity index (χ2v) is 4.88. The Hall–Kier alpha value is -1.25. The minimum Gasteiger partial charge on any atom is -0.122 e. The molecular formula is C11H16N3+. The van der Waals surface area contributed by atoms with Gasteiger partial charge in [-0.15, -0.1) is 4.70 Å². The zero-order chi connectivity index (χ0) is 10.3. The van der Waals surface area contributed by atoms with E-state index in [2.05, 4.69) is 50.2 Å². The summed E-state index contributed by atoms with van der Waals surface area (Å²) in [6, 6.07) is 0.236. The van der Waals surface area contributed by atoms with Crippen LogP contribution in [0.2, 0.25) is 0 Å². The van der Waals surface area contributed by atoms with Gasteiger partial charge in [0, 0.05) is 5.41 Å². The number of hydrogen-bond acceptors (Lipinski definition) is 2. The lowest BCUT2D eigenvalue weighted by Crippen LogP contribution is -2.35. The van der Waals surface area contributed by atoms with Crippen LogP contribution >= 0.6 is 0 Å². The number of rotatable bonds is 0. The van der Waals surface area contributed by atoms with Gasteiger partial charge in [0.25, 0.3) is 0 Å². The van der Waals surface area contributed by atoms with E-state index in [0.29, 0.717) is 0 Å². The Bertz CT molecular complexity index is 378. The van der Waals surface area contributed by atoms with Crippen LogP contribution in [0.5, 0.6) is 0 Å². The first kappa shape index (κ1) is 9.31. The molecule has 3 heteroatoms. The largest absolute Gasteiger partial charge is 0.213 e. The number of allylic oxidation sites excluding steroid dienone is 2. The number of fused-ring (bicyclic) bond motifs is 1. The monoisotopic (exact) mass is 190 g/mol. The van der Waals surface area contributed by atoms with Crippen molar-refractivity contribution >= 4 is 5.71 Å². The van der Waals surface area contributed by atoms with Crippen molar-refractivity contribution in [1.29, 1.82) is 0 Å². The lowest BCUT2D eigenvalue weighted by molar-refractivity contribution is -0.535. The minimum atomic E-state index is 0.0882. The summed E-state index contributed by atoms with van der Waals surface area (Å²) in [6.07, 6.45) is 6.25. The highest BCUT2D eigenvalue weighted by molar-refractivity contribution is 5.95. The van der Waals surface area contributed by atoms with E-state index >= 15 is 0 Å². The van der Waals surface area contributed by atoms with Crippen LogP contribution in [0.3, 0.4) is 0 Å². The van der Waals surface area contributed by atoms with Crippen molar-refractivity contribution in [3.63, 3.8) is 0 Å². The second kappa shape index (κ2) is 2.87. The normalized spacial score (nSPS) is 25.4. The highest BCUT2D eigenvalue weighted by atomic mass is 15.5. The Morgan fingerprint density at radius 3 is 2.71 bits per heavy atom. The molecule has 2 rings (SSSR count). The SMILES string of the molecule is CC1=CC2C(C(C)(C)C)=NN=[N+]2C=C1. The molecule has 0 saturated carbocycles. The third-order valence-electron chi connectivity index (χ3n) is 2.50. The van der Waals surface area contributed by atoms with E-state index in [1.54, 1.807) is 0 Å². The predicted molar refractivity (Wildman–Crippen MR) is 56.3 cm³/mol. The van der Waals surface area contributed by atoms with Gasteiger partial charge in [0.05, 0.1) is 5.10 Å². The lowest BCUT2D eigenvalue weighted by atomic mass is 9.84. The zero-order valence-electron chi connectivity index (χ0n) is 9.15. The van der Waals surface area contributed by atoms with Gasteiger partial charge in [-0.3, -0.25) is 0 Å². The Morgan fingerprint density at radius 1 is 1.36 bits per heavy atom. The molecule has 14 heavy (non-hydrogen) atoms. The number of hydrogen-bond donors (Lipinski definition) is 0. The first-order valence-corrected chi connectivity index (χ1v) is 4.92. The van der Waals surface area contributed by atoms with E-state index in [9.17, 15) is 0 Å². The minimum absolute atomic E-state index is 0.0882. The van der Waals surface area contributed by atoms with Crippen molar-refractivity contribution < 1.29 is 4.70 Å². The van der Waals surface area contributed by atoms with Crippen molar-refractivity contribution in [2.45, 2.75) is 33.7 Å². The highest BCUT2D eigenvalue weighted by Crippen LogP contribution is 2.27. The summed E-state index contributed by atoms with van der Waals surface area (Å²) >= 11 is 0. The van der Waals surface area contributed by atoms with Crippen LogP contribution in [-0.4, -0.2) is 16.5 Å². The van der Waals surface area contributed by atoms with Gasteiger partial charge in [-0.05, 0) is 24.6 Å². The quantitative estimate of drug-likeness (QED) is 0.525. The molecule has 0 aromatic heterocycles. The molecule has 0 saturated heterocycles. The molecule has 0 fully saturated rings. The molecule has 1 atom stereocenters. The van der Waals surface area contributed by atoms with Gasteiger partial charge in [0.1, 0.15) is 11.4 Å². The molecule has 2 heterocycles. The molecule has 0 bridgehead atoms. The molecule has 2 aliphatic rings. The third-order valence-corrected chi connectivity index (χ3v) is 2.50. The van der Waals surface area contributed by atoms with Crippen LogP contribution in [0.15, 0.2) is 34.2 Å². The Kier molecular flexibility index (Phi) is 1.91. The fourth-order valence-corrected chi connectivity index (χ4v) is 1.71. The molecule has 0 aromatic carbocycles.